The summed E-state index contributed by atoms with van der Waals surface area (Å²) in [5, 5.41) is 0. The molecule has 6 heteroatoms. The van der Waals surface area contributed by atoms with Gasteiger partial charge in [-0.3, -0.25) is 19.5 Å². The van der Waals surface area contributed by atoms with Gasteiger partial charge in [-0.1, -0.05) is 0 Å². The Labute approximate surface area is 110 Å². The van der Waals surface area contributed by atoms with Gasteiger partial charge in [0.05, 0.1) is 18.2 Å². The summed E-state index contributed by atoms with van der Waals surface area (Å²) in [6, 6.07) is 3.00. The van der Waals surface area contributed by atoms with Crippen LogP contribution in [-0.2, 0) is 0 Å². The Hall–Kier alpha value is -2.37. The maximum atomic E-state index is 11.9. The Balaban J connectivity index is 2.51. The first kappa shape index (κ1) is 13.1. The quantitative estimate of drug-likeness (QED) is 0.606. The molecule has 1 unspecified atom stereocenters. The van der Waals surface area contributed by atoms with Crippen LogP contribution in [0.1, 0.15) is 27.6 Å². The summed E-state index contributed by atoms with van der Waals surface area (Å²) in [6.45, 7) is 5.09. The number of carbonyl (C=O) groups excluding carboxylic acids is 2. The first-order chi connectivity index (χ1) is 8.99. The fourth-order valence-electron chi connectivity index (χ4n) is 1.84. The number of rotatable bonds is 4. The topological polar surface area (TPSA) is 68.2 Å². The van der Waals surface area contributed by atoms with E-state index in [-0.39, 0.29) is 11.8 Å². The van der Waals surface area contributed by atoms with Crippen LogP contribution in [0, 0.1) is 0 Å². The number of fused-ring (bicyclic) bond motifs is 1. The maximum Gasteiger partial charge on any atom is 0.261 e. The normalized spacial score (nSPS) is 15.2. The Morgan fingerprint density at radius 2 is 1.74 bits per heavy atom. The molecule has 0 fully saturated rings. The van der Waals surface area contributed by atoms with Gasteiger partial charge < -0.3 is 9.47 Å². The molecule has 0 radical (unpaired) electrons. The van der Waals surface area contributed by atoms with E-state index in [0.29, 0.717) is 22.6 Å². The van der Waals surface area contributed by atoms with Crippen molar-refractivity contribution in [2.24, 2.45) is 4.99 Å². The molecular weight excluding hydrogens is 248 g/mol. The smallest absolute Gasteiger partial charge is 0.261 e. The van der Waals surface area contributed by atoms with Gasteiger partial charge in [0.25, 0.3) is 11.8 Å². The van der Waals surface area contributed by atoms with Crippen molar-refractivity contribution in [3.8, 4) is 11.5 Å². The van der Waals surface area contributed by atoms with Gasteiger partial charge in [0.2, 0.25) is 0 Å². The third-order valence-corrected chi connectivity index (χ3v) is 2.93. The van der Waals surface area contributed by atoms with Crippen molar-refractivity contribution in [3.63, 3.8) is 0 Å². The van der Waals surface area contributed by atoms with E-state index in [4.69, 9.17) is 9.47 Å². The molecule has 1 heterocycles. The number of nitrogens with zero attached hydrogens (tertiary/aromatic N) is 2. The summed E-state index contributed by atoms with van der Waals surface area (Å²) in [4.78, 5) is 28.5. The average molecular weight is 262 g/mol. The molecule has 2 rings (SSSR count). The maximum absolute atomic E-state index is 11.9. The van der Waals surface area contributed by atoms with E-state index >= 15 is 0 Å². The van der Waals surface area contributed by atoms with Gasteiger partial charge in [-0.25, -0.2) is 0 Å². The zero-order chi connectivity index (χ0) is 14.2. The Kier molecular flexibility index (Phi) is 3.25. The monoisotopic (exact) mass is 262 g/mol. The summed E-state index contributed by atoms with van der Waals surface area (Å²) in [5.41, 5.74) is 0.621. The van der Waals surface area contributed by atoms with E-state index in [1.807, 2.05) is 0 Å². The molecule has 1 atom stereocenters. The van der Waals surface area contributed by atoms with E-state index < -0.39 is 6.23 Å². The summed E-state index contributed by atoms with van der Waals surface area (Å²) in [7, 11) is 2.90. The fourth-order valence-corrected chi connectivity index (χ4v) is 1.84. The van der Waals surface area contributed by atoms with Crippen LogP contribution in [0.15, 0.2) is 17.1 Å². The number of methoxy groups -OCH3 is 1. The third-order valence-electron chi connectivity index (χ3n) is 2.93. The highest BCUT2D eigenvalue weighted by atomic mass is 16.5. The summed E-state index contributed by atoms with van der Waals surface area (Å²) < 4.78 is 10.7. The number of hydrogen-bond acceptors (Lipinski definition) is 5. The molecule has 100 valence electrons. The van der Waals surface area contributed by atoms with Crippen molar-refractivity contribution in [1.29, 1.82) is 0 Å². The molecule has 0 N–H and O–H groups in total. The van der Waals surface area contributed by atoms with Crippen molar-refractivity contribution in [3.05, 3.63) is 23.3 Å². The number of aliphatic imine (C=N–C) groups is 1. The van der Waals surface area contributed by atoms with E-state index in [1.54, 1.807) is 6.92 Å². The molecule has 1 aliphatic rings. The van der Waals surface area contributed by atoms with Crippen molar-refractivity contribution in [2.45, 2.75) is 13.2 Å². The lowest BCUT2D eigenvalue weighted by atomic mass is 10.1. The van der Waals surface area contributed by atoms with Crippen molar-refractivity contribution >= 4 is 18.5 Å². The van der Waals surface area contributed by atoms with Crippen LogP contribution in [0.4, 0.5) is 0 Å². The first-order valence-corrected chi connectivity index (χ1v) is 5.66. The average Bonchev–Trinajstić information content (AvgIpc) is 2.62. The Morgan fingerprint density at radius 3 is 2.21 bits per heavy atom. The second-order valence-corrected chi connectivity index (χ2v) is 4.12. The SMILES string of the molecule is C=NC(C)Oc1cc2c(cc1OC)C(=O)N(C)C2=O. The van der Waals surface area contributed by atoms with Gasteiger partial charge in [-0.2, -0.15) is 0 Å². The van der Waals surface area contributed by atoms with Gasteiger partial charge >= 0.3 is 0 Å². The van der Waals surface area contributed by atoms with E-state index in [2.05, 4.69) is 11.7 Å². The van der Waals surface area contributed by atoms with E-state index in [0.717, 1.165) is 4.90 Å². The van der Waals surface area contributed by atoms with Crippen LogP contribution in [0.5, 0.6) is 11.5 Å². The highest BCUT2D eigenvalue weighted by Gasteiger charge is 2.34. The van der Waals surface area contributed by atoms with Crippen LogP contribution in [0.25, 0.3) is 0 Å². The molecule has 0 spiro atoms. The number of ether oxygens (including phenoxy) is 2. The number of benzene rings is 1. The molecule has 19 heavy (non-hydrogen) atoms. The summed E-state index contributed by atoms with van der Waals surface area (Å²) in [6.07, 6.45) is -0.475. The van der Waals surface area contributed by atoms with Crippen molar-refractivity contribution < 1.29 is 19.1 Å². The van der Waals surface area contributed by atoms with Crippen molar-refractivity contribution in [1.82, 2.24) is 4.90 Å². The summed E-state index contributed by atoms with van der Waals surface area (Å²) >= 11 is 0. The van der Waals surface area contributed by atoms with E-state index in [9.17, 15) is 9.59 Å². The van der Waals surface area contributed by atoms with Gasteiger partial charge in [0.1, 0.15) is 0 Å². The van der Waals surface area contributed by atoms with Crippen LogP contribution in [0.3, 0.4) is 0 Å². The first-order valence-electron chi connectivity index (χ1n) is 5.66. The molecule has 1 aromatic carbocycles. The predicted octanol–water partition coefficient (Wildman–Crippen LogP) is 1.35. The fraction of sp³-hybridized carbons (Fsp3) is 0.308. The molecular formula is C13H14N2O4. The minimum Gasteiger partial charge on any atom is -0.493 e. The molecule has 1 aliphatic heterocycles. The second-order valence-electron chi connectivity index (χ2n) is 4.12. The van der Waals surface area contributed by atoms with E-state index in [1.165, 1.54) is 26.3 Å². The number of carbonyl (C=O) groups is 2. The minimum atomic E-state index is -0.475. The molecule has 0 bridgehead atoms. The van der Waals surface area contributed by atoms with Crippen molar-refractivity contribution in [2.75, 3.05) is 14.2 Å². The summed E-state index contributed by atoms with van der Waals surface area (Å²) in [5.74, 6) is 0.0368. The van der Waals surface area contributed by atoms with Crippen LogP contribution in [-0.4, -0.2) is 43.8 Å². The largest absolute Gasteiger partial charge is 0.493 e. The van der Waals surface area contributed by atoms with Crippen LogP contribution >= 0.6 is 0 Å². The van der Waals surface area contributed by atoms with Crippen LogP contribution < -0.4 is 9.47 Å². The molecule has 0 saturated carbocycles. The highest BCUT2D eigenvalue weighted by Crippen LogP contribution is 2.35. The van der Waals surface area contributed by atoms with Gasteiger partial charge in [0.15, 0.2) is 17.7 Å². The second kappa shape index (κ2) is 4.72. The lowest BCUT2D eigenvalue weighted by Crippen LogP contribution is -2.24. The van der Waals surface area contributed by atoms with Gasteiger partial charge in [-0.05, 0) is 25.8 Å². The molecule has 6 nitrogen and oxygen atoms in total. The lowest BCUT2D eigenvalue weighted by Gasteiger charge is -2.14. The number of imide groups is 1. The van der Waals surface area contributed by atoms with Gasteiger partial charge in [-0.15, -0.1) is 0 Å². The zero-order valence-corrected chi connectivity index (χ0v) is 11.0. The minimum absolute atomic E-state index is 0.305. The zero-order valence-electron chi connectivity index (χ0n) is 11.0. The predicted molar refractivity (Wildman–Crippen MR) is 69.1 cm³/mol. The Morgan fingerprint density at radius 1 is 1.21 bits per heavy atom. The molecule has 0 saturated heterocycles. The van der Waals surface area contributed by atoms with Gasteiger partial charge in [0, 0.05) is 7.05 Å². The molecule has 0 aromatic heterocycles. The Bertz CT molecular complexity index is 568. The molecule has 0 aliphatic carbocycles. The van der Waals surface area contributed by atoms with Crippen LogP contribution in [0.2, 0.25) is 0 Å². The third kappa shape index (κ3) is 2.05. The standard InChI is InChI=1S/C13H14N2O4/c1-7(14-2)19-11-6-9-8(5-10(11)18-4)12(16)15(3)13(9)17/h5-7H,2H2,1,3-4H3. The molecule has 2 amide bonds. The molecule has 1 aromatic rings. The highest BCUT2D eigenvalue weighted by molar-refractivity contribution is 6.21. The number of amides is 2. The lowest BCUT2D eigenvalue weighted by molar-refractivity contribution is 0.0693. The number of hydrogen-bond donors (Lipinski definition) is 0.